The number of hydrogen-bond acceptors (Lipinski definition) is 3. The Morgan fingerprint density at radius 1 is 0.964 bits per heavy atom. The summed E-state index contributed by atoms with van der Waals surface area (Å²) in [6.07, 6.45) is 9.40. The second-order valence-electron chi connectivity index (χ2n) is 8.64. The van der Waals surface area contributed by atoms with Crippen LogP contribution in [-0.4, -0.2) is 32.0 Å². The van der Waals surface area contributed by atoms with Gasteiger partial charge >= 0.3 is 7.12 Å². The van der Waals surface area contributed by atoms with Gasteiger partial charge in [-0.1, -0.05) is 24.3 Å². The van der Waals surface area contributed by atoms with Gasteiger partial charge in [0.05, 0.1) is 11.2 Å². The molecule has 1 aromatic rings. The molecule has 1 saturated heterocycles. The van der Waals surface area contributed by atoms with Crippen molar-refractivity contribution < 1.29 is 22.8 Å². The minimum atomic E-state index is -0.916. The average molecular weight is 390 g/mol. The Morgan fingerprint density at radius 3 is 2.18 bits per heavy atom. The normalized spacial score (nSPS) is 25.5. The third kappa shape index (κ3) is 4.24. The van der Waals surface area contributed by atoms with Crippen LogP contribution in [0, 0.1) is 23.5 Å². The van der Waals surface area contributed by atoms with Gasteiger partial charge in [-0.05, 0) is 70.1 Å². The molecular formula is C22H29BF2O3. The van der Waals surface area contributed by atoms with Gasteiger partial charge in [0, 0.05) is 19.2 Å². The number of benzene rings is 1. The molecule has 0 amide bonds. The molecule has 28 heavy (non-hydrogen) atoms. The zero-order valence-electron chi connectivity index (χ0n) is 17.3. The van der Waals surface area contributed by atoms with E-state index in [4.69, 9.17) is 14.0 Å². The van der Waals surface area contributed by atoms with Gasteiger partial charge in [-0.2, -0.15) is 0 Å². The van der Waals surface area contributed by atoms with Crippen LogP contribution in [0.3, 0.4) is 0 Å². The number of allylic oxidation sites excluding steroid dienone is 4. The smallest absolute Gasteiger partial charge is 0.399 e. The monoisotopic (exact) mass is 390 g/mol. The number of hydrogen-bond donors (Lipinski definition) is 0. The summed E-state index contributed by atoms with van der Waals surface area (Å²) in [5.41, 5.74) is -0.736. The minimum absolute atomic E-state index is 0.106. The van der Waals surface area contributed by atoms with Crippen molar-refractivity contribution in [1.82, 2.24) is 0 Å². The summed E-state index contributed by atoms with van der Waals surface area (Å²) >= 11 is 0. The molecule has 1 heterocycles. The topological polar surface area (TPSA) is 27.7 Å². The number of halogens is 2. The predicted octanol–water partition coefficient (Wildman–Crippen LogP) is 4.20. The first-order chi connectivity index (χ1) is 13.1. The van der Waals surface area contributed by atoms with Crippen molar-refractivity contribution in [3.63, 3.8) is 0 Å². The van der Waals surface area contributed by atoms with Crippen molar-refractivity contribution in [2.75, 3.05) is 13.7 Å². The molecule has 1 aliphatic carbocycles. The fourth-order valence-corrected chi connectivity index (χ4v) is 3.65. The Morgan fingerprint density at radius 2 is 1.57 bits per heavy atom. The second kappa shape index (κ2) is 8.09. The number of rotatable bonds is 6. The van der Waals surface area contributed by atoms with E-state index in [2.05, 4.69) is 12.2 Å². The summed E-state index contributed by atoms with van der Waals surface area (Å²) in [5.74, 6) is -0.579. The van der Waals surface area contributed by atoms with Crippen LogP contribution in [0.15, 0.2) is 36.4 Å². The van der Waals surface area contributed by atoms with Gasteiger partial charge in [-0.3, -0.25) is 0 Å². The first kappa shape index (κ1) is 21.2. The summed E-state index contributed by atoms with van der Waals surface area (Å²) in [4.78, 5) is 0. The lowest BCUT2D eigenvalue weighted by atomic mass is 9.77. The molecule has 0 aromatic heterocycles. The Hall–Kier alpha value is -1.50. The molecule has 152 valence electrons. The van der Waals surface area contributed by atoms with Gasteiger partial charge in [0.15, 0.2) is 0 Å². The molecule has 2 atom stereocenters. The molecular weight excluding hydrogens is 361 g/mol. The van der Waals surface area contributed by atoms with Gasteiger partial charge in [0.1, 0.15) is 11.6 Å². The number of methoxy groups -OCH3 is 1. The highest BCUT2D eigenvalue weighted by Crippen LogP contribution is 2.37. The first-order valence-corrected chi connectivity index (χ1v) is 9.82. The summed E-state index contributed by atoms with van der Waals surface area (Å²) < 4.78 is 46.6. The molecule has 2 unspecified atom stereocenters. The van der Waals surface area contributed by atoms with Crippen LogP contribution in [0.25, 0.3) is 0 Å². The molecule has 0 spiro atoms. The van der Waals surface area contributed by atoms with Crippen molar-refractivity contribution >= 4 is 12.6 Å². The van der Waals surface area contributed by atoms with E-state index in [0.717, 1.165) is 6.42 Å². The Labute approximate surface area is 166 Å². The van der Waals surface area contributed by atoms with Crippen molar-refractivity contribution in [2.24, 2.45) is 11.8 Å². The highest BCUT2D eigenvalue weighted by molar-refractivity contribution is 6.62. The van der Waals surface area contributed by atoms with Crippen molar-refractivity contribution in [3.05, 3.63) is 53.6 Å². The van der Waals surface area contributed by atoms with Gasteiger partial charge in [-0.15, -0.1) is 0 Å². The van der Waals surface area contributed by atoms with E-state index in [1.807, 2.05) is 39.8 Å². The van der Waals surface area contributed by atoms with Crippen LogP contribution in [0.1, 0.15) is 39.7 Å². The van der Waals surface area contributed by atoms with E-state index >= 15 is 0 Å². The highest BCUT2D eigenvalue weighted by atomic mass is 19.1. The van der Waals surface area contributed by atoms with Gasteiger partial charge in [0.2, 0.25) is 0 Å². The van der Waals surface area contributed by atoms with Crippen LogP contribution in [-0.2, 0) is 20.5 Å². The predicted molar refractivity (Wildman–Crippen MR) is 108 cm³/mol. The Bertz CT molecular complexity index is 757. The molecule has 0 N–H and O–H groups in total. The molecule has 3 rings (SSSR count). The third-order valence-electron chi connectivity index (χ3n) is 6.16. The summed E-state index contributed by atoms with van der Waals surface area (Å²) in [6.45, 7) is 8.19. The first-order valence-electron chi connectivity index (χ1n) is 9.82. The molecule has 1 aromatic carbocycles. The average Bonchev–Trinajstić information content (AvgIpc) is 2.84. The van der Waals surface area contributed by atoms with Crippen LogP contribution >= 0.6 is 0 Å². The quantitative estimate of drug-likeness (QED) is 0.682. The van der Waals surface area contributed by atoms with Gasteiger partial charge in [-0.25, -0.2) is 8.78 Å². The molecule has 0 radical (unpaired) electrons. The molecule has 0 bridgehead atoms. The molecule has 3 nitrogen and oxygen atoms in total. The molecule has 1 aliphatic heterocycles. The molecule has 2 aliphatic rings. The maximum absolute atomic E-state index is 14.9. The number of ether oxygens (including phenoxy) is 1. The maximum atomic E-state index is 14.9. The molecule has 1 fully saturated rings. The van der Waals surface area contributed by atoms with Gasteiger partial charge in [0.25, 0.3) is 0 Å². The summed E-state index contributed by atoms with van der Waals surface area (Å²) in [6, 6.07) is 2.51. The van der Waals surface area contributed by atoms with Crippen molar-refractivity contribution in [1.29, 1.82) is 0 Å². The van der Waals surface area contributed by atoms with Crippen LogP contribution in [0.2, 0.25) is 0 Å². The Balaban J connectivity index is 1.79. The van der Waals surface area contributed by atoms with E-state index in [9.17, 15) is 8.78 Å². The highest BCUT2D eigenvalue weighted by Gasteiger charge is 2.52. The van der Waals surface area contributed by atoms with Gasteiger partial charge < -0.3 is 14.0 Å². The standard InChI is InChI=1S/C22H29BF2O3/c1-21(2)22(3,4)28-23(27-21)18-14-19(24)17(13-20(18)25)12-16-9-7-6-8-15(16)10-11-26-5/h6-9,13-16H,10-12H2,1-5H3. The van der Waals surface area contributed by atoms with E-state index in [1.54, 1.807) is 7.11 Å². The fourth-order valence-electron chi connectivity index (χ4n) is 3.65. The van der Waals surface area contributed by atoms with E-state index in [-0.39, 0.29) is 17.3 Å². The SMILES string of the molecule is COCCC1C=CC=CC1Cc1cc(F)c(B2OC(C)(C)C(C)(C)O2)cc1F. The second-order valence-corrected chi connectivity index (χ2v) is 8.64. The minimum Gasteiger partial charge on any atom is -0.399 e. The lowest BCUT2D eigenvalue weighted by Crippen LogP contribution is -2.41. The summed E-state index contributed by atoms with van der Waals surface area (Å²) in [7, 11) is 0.751. The van der Waals surface area contributed by atoms with E-state index in [1.165, 1.54) is 12.1 Å². The zero-order valence-corrected chi connectivity index (χ0v) is 17.3. The van der Waals surface area contributed by atoms with Crippen LogP contribution < -0.4 is 5.46 Å². The summed E-state index contributed by atoms with van der Waals surface area (Å²) in [5, 5.41) is 0. The lowest BCUT2D eigenvalue weighted by molar-refractivity contribution is 0.00578. The third-order valence-corrected chi connectivity index (χ3v) is 6.16. The molecule has 6 heteroatoms. The largest absolute Gasteiger partial charge is 0.497 e. The lowest BCUT2D eigenvalue weighted by Gasteiger charge is -2.32. The van der Waals surface area contributed by atoms with E-state index in [0.29, 0.717) is 18.6 Å². The van der Waals surface area contributed by atoms with Crippen LogP contribution in [0.5, 0.6) is 0 Å². The zero-order chi connectivity index (χ0) is 20.5. The van der Waals surface area contributed by atoms with Crippen LogP contribution in [0.4, 0.5) is 8.78 Å². The van der Waals surface area contributed by atoms with Crippen molar-refractivity contribution in [2.45, 2.75) is 51.7 Å². The molecule has 0 saturated carbocycles. The fraction of sp³-hybridized carbons (Fsp3) is 0.545. The maximum Gasteiger partial charge on any atom is 0.497 e. The Kier molecular flexibility index (Phi) is 6.13. The van der Waals surface area contributed by atoms with E-state index < -0.39 is 30.0 Å². The van der Waals surface area contributed by atoms with Crippen molar-refractivity contribution in [3.8, 4) is 0 Å².